The molecule has 1 N–H and O–H groups in total. The van der Waals surface area contributed by atoms with Crippen LogP contribution in [0.25, 0.3) is 10.8 Å². The number of likely N-dealkylation sites (tertiary alicyclic amines) is 1. The van der Waals surface area contributed by atoms with Gasteiger partial charge in [-0.1, -0.05) is 30.3 Å². The summed E-state index contributed by atoms with van der Waals surface area (Å²) in [6, 6.07) is 10.8. The van der Waals surface area contributed by atoms with Crippen molar-refractivity contribution < 1.29 is 9.59 Å². The Morgan fingerprint density at radius 3 is 2.77 bits per heavy atom. The molecule has 0 saturated carbocycles. The fourth-order valence-corrected chi connectivity index (χ4v) is 3.55. The summed E-state index contributed by atoms with van der Waals surface area (Å²) in [5, 5.41) is 4.78. The number of amides is 2. The van der Waals surface area contributed by atoms with Crippen LogP contribution >= 0.6 is 0 Å². The number of hydrogen-bond acceptors (Lipinski definition) is 4. The van der Waals surface area contributed by atoms with Gasteiger partial charge in [0.1, 0.15) is 0 Å². The van der Waals surface area contributed by atoms with Crippen molar-refractivity contribution in [2.24, 2.45) is 0 Å². The van der Waals surface area contributed by atoms with Gasteiger partial charge in [-0.2, -0.15) is 0 Å². The van der Waals surface area contributed by atoms with E-state index >= 15 is 0 Å². The molecule has 0 radical (unpaired) electrons. The highest BCUT2D eigenvalue weighted by molar-refractivity contribution is 6.06. The van der Waals surface area contributed by atoms with Crippen molar-refractivity contribution >= 4 is 22.6 Å². The van der Waals surface area contributed by atoms with Crippen molar-refractivity contribution in [1.82, 2.24) is 20.2 Å². The van der Waals surface area contributed by atoms with E-state index in [1.807, 2.05) is 36.4 Å². The average molecular weight is 346 g/mol. The van der Waals surface area contributed by atoms with Crippen LogP contribution in [0.15, 0.2) is 61.2 Å². The van der Waals surface area contributed by atoms with Crippen molar-refractivity contribution in [2.75, 3.05) is 7.05 Å². The second kappa shape index (κ2) is 6.55. The Bertz CT molecular complexity index is 968. The maximum absolute atomic E-state index is 12.9. The van der Waals surface area contributed by atoms with Crippen LogP contribution in [0.2, 0.25) is 0 Å². The lowest BCUT2D eigenvalue weighted by atomic mass is 10.0. The number of hydrogen-bond donors (Lipinski definition) is 1. The van der Waals surface area contributed by atoms with Crippen LogP contribution < -0.4 is 5.32 Å². The predicted molar refractivity (Wildman–Crippen MR) is 97.4 cm³/mol. The molecule has 1 aliphatic rings. The molecule has 6 nitrogen and oxygen atoms in total. The fourth-order valence-electron chi connectivity index (χ4n) is 3.55. The van der Waals surface area contributed by atoms with E-state index in [1.54, 1.807) is 36.7 Å². The summed E-state index contributed by atoms with van der Waals surface area (Å²) >= 11 is 0. The summed E-state index contributed by atoms with van der Waals surface area (Å²) < 4.78 is 0. The Kier molecular flexibility index (Phi) is 4.08. The first-order valence-corrected chi connectivity index (χ1v) is 8.44. The number of aromatic nitrogens is 2. The molecule has 2 aromatic heterocycles. The quantitative estimate of drug-likeness (QED) is 0.790. The molecule has 1 saturated heterocycles. The lowest BCUT2D eigenvalue weighted by Gasteiger charge is -2.25. The highest BCUT2D eigenvalue weighted by atomic mass is 16.2. The molecule has 6 heteroatoms. The SMILES string of the molecule is CN1C(=O)C[C@@H](NC(=O)c2cncc3ccccc23)[C@@H]1c1cccnc1. The van der Waals surface area contributed by atoms with Crippen LogP contribution in [0, 0.1) is 0 Å². The van der Waals surface area contributed by atoms with Crippen LogP contribution in [0.5, 0.6) is 0 Å². The van der Waals surface area contributed by atoms with Gasteiger partial charge in [0.05, 0.1) is 17.6 Å². The summed E-state index contributed by atoms with van der Waals surface area (Å²) in [6.07, 6.45) is 6.99. The molecule has 0 bridgehead atoms. The monoisotopic (exact) mass is 346 g/mol. The normalized spacial score (nSPS) is 19.7. The zero-order valence-electron chi connectivity index (χ0n) is 14.3. The molecule has 2 amide bonds. The van der Waals surface area contributed by atoms with E-state index in [9.17, 15) is 9.59 Å². The van der Waals surface area contributed by atoms with E-state index in [1.165, 1.54) is 0 Å². The van der Waals surface area contributed by atoms with Gasteiger partial charge in [-0.05, 0) is 17.0 Å². The number of fused-ring (bicyclic) bond motifs is 1. The Morgan fingerprint density at radius 1 is 1.12 bits per heavy atom. The van der Waals surface area contributed by atoms with Gasteiger partial charge >= 0.3 is 0 Å². The van der Waals surface area contributed by atoms with E-state index in [-0.39, 0.29) is 30.3 Å². The zero-order chi connectivity index (χ0) is 18.1. The topological polar surface area (TPSA) is 75.2 Å². The summed E-state index contributed by atoms with van der Waals surface area (Å²) in [7, 11) is 1.76. The standard InChI is InChI=1S/C20H18N4O2/c1-24-18(25)9-17(19(24)14-6-4-8-21-11-14)23-20(26)16-12-22-10-13-5-2-3-7-15(13)16/h2-8,10-12,17,19H,9H2,1H3,(H,23,26)/t17-,19+/m1/s1. The number of carbonyl (C=O) groups is 2. The number of benzene rings is 1. The van der Waals surface area contributed by atoms with Crippen molar-refractivity contribution in [1.29, 1.82) is 0 Å². The van der Waals surface area contributed by atoms with Gasteiger partial charge in [-0.25, -0.2) is 0 Å². The van der Waals surface area contributed by atoms with Crippen LogP contribution in [0.4, 0.5) is 0 Å². The Balaban J connectivity index is 1.65. The van der Waals surface area contributed by atoms with E-state index in [2.05, 4.69) is 15.3 Å². The summed E-state index contributed by atoms with van der Waals surface area (Å²) in [6.45, 7) is 0. The number of pyridine rings is 2. The van der Waals surface area contributed by atoms with E-state index < -0.39 is 0 Å². The molecule has 3 aromatic rings. The minimum absolute atomic E-state index is 0.000183. The summed E-state index contributed by atoms with van der Waals surface area (Å²) in [5.74, 6) is -0.225. The van der Waals surface area contributed by atoms with Crippen molar-refractivity contribution in [2.45, 2.75) is 18.5 Å². The highest BCUT2D eigenvalue weighted by Crippen LogP contribution is 2.31. The van der Waals surface area contributed by atoms with Crippen molar-refractivity contribution in [3.8, 4) is 0 Å². The van der Waals surface area contributed by atoms with E-state index in [4.69, 9.17) is 0 Å². The predicted octanol–water partition coefficient (Wildman–Crippen LogP) is 2.33. The Morgan fingerprint density at radius 2 is 1.96 bits per heavy atom. The number of rotatable bonds is 3. The largest absolute Gasteiger partial charge is 0.346 e. The maximum Gasteiger partial charge on any atom is 0.253 e. The van der Waals surface area contributed by atoms with Crippen LogP contribution in [-0.4, -0.2) is 39.8 Å². The average Bonchev–Trinajstić information content (AvgIpc) is 2.95. The third-order valence-electron chi connectivity index (χ3n) is 4.84. The second-order valence-electron chi connectivity index (χ2n) is 6.43. The molecule has 3 heterocycles. The van der Waals surface area contributed by atoms with Gasteiger partial charge in [-0.15, -0.1) is 0 Å². The third kappa shape index (κ3) is 2.79. The third-order valence-corrected chi connectivity index (χ3v) is 4.84. The molecule has 0 unspecified atom stereocenters. The maximum atomic E-state index is 12.9. The molecule has 0 aliphatic carbocycles. The number of nitrogens with one attached hydrogen (secondary N) is 1. The molecule has 1 fully saturated rings. The molecule has 26 heavy (non-hydrogen) atoms. The first kappa shape index (κ1) is 16.2. The molecule has 0 spiro atoms. The van der Waals surface area contributed by atoms with Gasteiger partial charge < -0.3 is 10.2 Å². The minimum Gasteiger partial charge on any atom is -0.346 e. The van der Waals surface area contributed by atoms with Gasteiger partial charge in [-0.3, -0.25) is 19.6 Å². The zero-order valence-corrected chi connectivity index (χ0v) is 14.3. The lowest BCUT2D eigenvalue weighted by molar-refractivity contribution is -0.127. The molecular formula is C20H18N4O2. The second-order valence-corrected chi connectivity index (χ2v) is 6.43. The smallest absolute Gasteiger partial charge is 0.253 e. The van der Waals surface area contributed by atoms with Crippen LogP contribution in [0.1, 0.15) is 28.4 Å². The van der Waals surface area contributed by atoms with Crippen molar-refractivity contribution in [3.63, 3.8) is 0 Å². The van der Waals surface area contributed by atoms with E-state index in [0.717, 1.165) is 16.3 Å². The lowest BCUT2D eigenvalue weighted by Crippen LogP contribution is -2.39. The van der Waals surface area contributed by atoms with Gasteiger partial charge in [0.25, 0.3) is 5.91 Å². The number of carbonyl (C=O) groups excluding carboxylic acids is 2. The molecular weight excluding hydrogens is 328 g/mol. The fraction of sp³-hybridized carbons (Fsp3) is 0.200. The van der Waals surface area contributed by atoms with E-state index in [0.29, 0.717) is 5.56 Å². The van der Waals surface area contributed by atoms with Crippen LogP contribution in [0.3, 0.4) is 0 Å². The Hall–Kier alpha value is -3.28. The molecule has 1 aromatic carbocycles. The highest BCUT2D eigenvalue weighted by Gasteiger charge is 2.39. The minimum atomic E-state index is -0.317. The molecule has 1 aliphatic heterocycles. The number of nitrogens with zero attached hydrogens (tertiary/aromatic N) is 3. The van der Waals surface area contributed by atoms with Crippen molar-refractivity contribution in [3.05, 3.63) is 72.3 Å². The number of likely N-dealkylation sites (N-methyl/N-ethyl adjacent to an activating group) is 1. The summed E-state index contributed by atoms with van der Waals surface area (Å²) in [4.78, 5) is 35.1. The van der Waals surface area contributed by atoms with Gasteiger partial charge in [0.2, 0.25) is 5.91 Å². The molecule has 2 atom stereocenters. The molecule has 4 rings (SSSR count). The first-order chi connectivity index (χ1) is 12.6. The van der Waals surface area contributed by atoms with Gasteiger partial charge in [0, 0.05) is 43.6 Å². The van der Waals surface area contributed by atoms with Gasteiger partial charge in [0.15, 0.2) is 0 Å². The van der Waals surface area contributed by atoms with Crippen LogP contribution in [-0.2, 0) is 4.79 Å². The summed E-state index contributed by atoms with van der Waals surface area (Å²) in [5.41, 5.74) is 1.41. The molecule has 130 valence electrons. The first-order valence-electron chi connectivity index (χ1n) is 8.44. The Labute approximate surface area is 150 Å².